The Balaban J connectivity index is 1.55. The van der Waals surface area contributed by atoms with Gasteiger partial charge in [0.15, 0.2) is 0 Å². The number of carbonyl (C=O) groups is 2. The number of fused-ring (bicyclic) bond motifs is 2. The fraction of sp³-hybridized carbons (Fsp3) is 0.700. The molecule has 2 saturated heterocycles. The van der Waals surface area contributed by atoms with E-state index in [1.54, 1.807) is 0 Å². The van der Waals surface area contributed by atoms with Crippen LogP contribution in [0.15, 0.2) is 29.3 Å². The Bertz CT molecular complexity index is 979. The molecule has 3 fully saturated rings. The van der Waals surface area contributed by atoms with E-state index in [9.17, 15) is 14.8 Å². The molecule has 1 saturated carbocycles. The van der Waals surface area contributed by atoms with Gasteiger partial charge in [-0.25, -0.2) is 4.79 Å². The summed E-state index contributed by atoms with van der Waals surface area (Å²) in [6, 6.07) is 7.89. The minimum Gasteiger partial charge on any atom is -0.335 e. The van der Waals surface area contributed by atoms with Crippen LogP contribution >= 0.6 is 11.6 Å². The van der Waals surface area contributed by atoms with Crippen molar-refractivity contribution in [1.82, 2.24) is 20.2 Å². The first-order chi connectivity index (χ1) is 18.9. The molecule has 0 radical (unpaired) electrons. The predicted octanol–water partition coefficient (Wildman–Crippen LogP) is 5.31. The number of urea groups is 1. The Kier molecular flexibility index (Phi) is 10.7. The van der Waals surface area contributed by atoms with Crippen LogP contribution in [0.25, 0.3) is 0 Å². The van der Waals surface area contributed by atoms with E-state index in [2.05, 4.69) is 29.1 Å². The molecule has 2 bridgehead atoms. The Morgan fingerprint density at radius 1 is 1.03 bits per heavy atom. The number of nitrogens with one attached hydrogen (secondary N) is 1. The molecular formula is C30H46ClN5O3. The standard InChI is InChI=1S/C30H46ClN5O3/c1-4-34(5-2)30(38)36(24-9-7-6-8-10-24)27-18-25-15-16-26(19-27)35(25)29(37)28(33-21(3)20-32-39)17-22-11-13-23(31)14-12-22/h11-14,24-28,32,39H,4-10,15-20H2,1-3H3/t25?,26?,27?,28-/m0/s1. The van der Waals surface area contributed by atoms with Gasteiger partial charge in [0.05, 0.1) is 6.54 Å². The van der Waals surface area contributed by atoms with Gasteiger partial charge < -0.3 is 19.9 Å². The van der Waals surface area contributed by atoms with Crippen LogP contribution in [0.1, 0.15) is 84.1 Å². The van der Waals surface area contributed by atoms with Crippen LogP contribution in [-0.2, 0) is 11.2 Å². The Labute approximate surface area is 238 Å². The summed E-state index contributed by atoms with van der Waals surface area (Å²) < 4.78 is 0. The summed E-state index contributed by atoms with van der Waals surface area (Å²) in [6.45, 7) is 7.59. The number of benzene rings is 1. The molecule has 9 heteroatoms. The van der Waals surface area contributed by atoms with Crippen LogP contribution in [0.5, 0.6) is 0 Å². The van der Waals surface area contributed by atoms with E-state index in [1.807, 2.05) is 36.1 Å². The lowest BCUT2D eigenvalue weighted by Gasteiger charge is -2.48. The Hall–Kier alpha value is -2.16. The van der Waals surface area contributed by atoms with Crippen LogP contribution in [0.2, 0.25) is 5.02 Å². The first-order valence-corrected chi connectivity index (χ1v) is 15.3. The van der Waals surface area contributed by atoms with E-state index in [1.165, 1.54) is 19.3 Å². The van der Waals surface area contributed by atoms with Gasteiger partial charge in [0.1, 0.15) is 6.04 Å². The summed E-state index contributed by atoms with van der Waals surface area (Å²) in [7, 11) is 0. The van der Waals surface area contributed by atoms with Gasteiger partial charge in [-0.15, -0.1) is 0 Å². The van der Waals surface area contributed by atoms with Crippen LogP contribution in [-0.4, -0.2) is 87.4 Å². The van der Waals surface area contributed by atoms with Crippen molar-refractivity contribution in [2.45, 2.75) is 115 Å². The number of nitrogens with zero attached hydrogens (tertiary/aromatic N) is 4. The van der Waals surface area contributed by atoms with Crippen LogP contribution in [0, 0.1) is 0 Å². The second-order valence-corrected chi connectivity index (χ2v) is 11.9. The first-order valence-electron chi connectivity index (χ1n) is 14.9. The van der Waals surface area contributed by atoms with Gasteiger partial charge in [0.2, 0.25) is 5.91 Å². The number of piperidine rings is 1. The average Bonchev–Trinajstić information content (AvgIpc) is 3.20. The highest BCUT2D eigenvalue weighted by Gasteiger charge is 2.48. The molecule has 8 nitrogen and oxygen atoms in total. The second kappa shape index (κ2) is 14.0. The fourth-order valence-corrected chi connectivity index (χ4v) is 7.12. The molecule has 0 aromatic heterocycles. The predicted molar refractivity (Wildman–Crippen MR) is 156 cm³/mol. The van der Waals surface area contributed by atoms with Crippen molar-refractivity contribution >= 4 is 29.3 Å². The molecule has 1 aromatic rings. The third-order valence-corrected chi connectivity index (χ3v) is 9.17. The fourth-order valence-electron chi connectivity index (χ4n) is 6.99. The molecule has 2 N–H and O–H groups in total. The van der Waals surface area contributed by atoms with Crippen molar-refractivity contribution in [3.63, 3.8) is 0 Å². The van der Waals surface area contributed by atoms with Gasteiger partial charge in [0.25, 0.3) is 0 Å². The van der Waals surface area contributed by atoms with Crippen molar-refractivity contribution in [3.05, 3.63) is 34.9 Å². The molecular weight excluding hydrogens is 514 g/mol. The zero-order valence-electron chi connectivity index (χ0n) is 23.8. The van der Waals surface area contributed by atoms with Crippen LogP contribution in [0.3, 0.4) is 0 Å². The summed E-state index contributed by atoms with van der Waals surface area (Å²) >= 11 is 6.09. The van der Waals surface area contributed by atoms with Crippen molar-refractivity contribution in [2.24, 2.45) is 4.99 Å². The van der Waals surface area contributed by atoms with Gasteiger partial charge in [-0.3, -0.25) is 9.79 Å². The largest absolute Gasteiger partial charge is 0.335 e. The maximum atomic E-state index is 14.1. The van der Waals surface area contributed by atoms with Crippen LogP contribution < -0.4 is 5.48 Å². The van der Waals surface area contributed by atoms with Gasteiger partial charge >= 0.3 is 6.03 Å². The first kappa shape index (κ1) is 29.8. The molecule has 2 unspecified atom stereocenters. The number of rotatable bonds is 10. The molecule has 2 heterocycles. The SMILES string of the molecule is CCN(CC)C(=O)N(C1CCCCC1)C1CC2CCC(C1)N2C(=O)[C@H](Cc1ccc(Cl)cc1)N=C(C)CNO. The molecule has 39 heavy (non-hydrogen) atoms. The number of hydrogen-bond donors (Lipinski definition) is 2. The third kappa shape index (κ3) is 7.14. The summed E-state index contributed by atoms with van der Waals surface area (Å²) in [5.74, 6) is 0.0486. The lowest BCUT2D eigenvalue weighted by atomic mass is 9.89. The monoisotopic (exact) mass is 559 g/mol. The van der Waals surface area contributed by atoms with Gasteiger partial charge in [-0.1, -0.05) is 43.0 Å². The average molecular weight is 560 g/mol. The number of halogens is 1. The molecule has 3 atom stereocenters. The van der Waals surface area contributed by atoms with E-state index in [0.29, 0.717) is 23.2 Å². The summed E-state index contributed by atoms with van der Waals surface area (Å²) in [5, 5.41) is 9.84. The maximum absolute atomic E-state index is 14.1. The lowest BCUT2D eigenvalue weighted by Crippen LogP contribution is -2.60. The number of carbonyl (C=O) groups excluding carboxylic acids is 2. The zero-order chi connectivity index (χ0) is 27.9. The van der Waals surface area contributed by atoms with E-state index in [-0.39, 0.29) is 36.6 Å². The highest BCUT2D eigenvalue weighted by Crippen LogP contribution is 2.40. The van der Waals surface area contributed by atoms with E-state index in [4.69, 9.17) is 16.6 Å². The lowest BCUT2D eigenvalue weighted by molar-refractivity contribution is -0.138. The van der Waals surface area contributed by atoms with E-state index in [0.717, 1.165) is 57.2 Å². The highest BCUT2D eigenvalue weighted by molar-refractivity contribution is 6.30. The Morgan fingerprint density at radius 3 is 2.21 bits per heavy atom. The van der Waals surface area contributed by atoms with E-state index < -0.39 is 6.04 Å². The van der Waals surface area contributed by atoms with Crippen molar-refractivity contribution in [3.8, 4) is 0 Å². The molecule has 2 aliphatic heterocycles. The zero-order valence-corrected chi connectivity index (χ0v) is 24.6. The maximum Gasteiger partial charge on any atom is 0.320 e. The van der Waals surface area contributed by atoms with Gasteiger partial charge in [-0.2, -0.15) is 5.48 Å². The minimum atomic E-state index is -0.564. The van der Waals surface area contributed by atoms with Gasteiger partial charge in [-0.05, 0) is 77.0 Å². The summed E-state index contributed by atoms with van der Waals surface area (Å²) in [6.07, 6.45) is 9.87. The molecule has 0 spiro atoms. The number of amides is 3. The van der Waals surface area contributed by atoms with Crippen molar-refractivity contribution < 1.29 is 14.8 Å². The summed E-state index contributed by atoms with van der Waals surface area (Å²) in [4.78, 5) is 38.9. The second-order valence-electron chi connectivity index (χ2n) is 11.5. The molecule has 1 aliphatic carbocycles. The highest BCUT2D eigenvalue weighted by atomic mass is 35.5. The van der Waals surface area contributed by atoms with Crippen molar-refractivity contribution in [1.29, 1.82) is 0 Å². The quantitative estimate of drug-likeness (QED) is 0.300. The third-order valence-electron chi connectivity index (χ3n) is 8.92. The van der Waals surface area contributed by atoms with Gasteiger partial charge in [0, 0.05) is 54.4 Å². The van der Waals surface area contributed by atoms with Crippen LogP contribution in [0.4, 0.5) is 4.79 Å². The van der Waals surface area contributed by atoms with Crippen molar-refractivity contribution in [2.75, 3.05) is 19.6 Å². The van der Waals surface area contributed by atoms with E-state index >= 15 is 0 Å². The molecule has 216 valence electrons. The summed E-state index contributed by atoms with van der Waals surface area (Å²) in [5.41, 5.74) is 3.84. The molecule has 3 aliphatic rings. The number of hydroxylamine groups is 1. The molecule has 3 amide bonds. The normalized spacial score (nSPS) is 24.5. The Morgan fingerprint density at radius 2 is 1.64 bits per heavy atom. The number of hydrogen-bond acceptors (Lipinski definition) is 5. The smallest absolute Gasteiger partial charge is 0.320 e. The molecule has 1 aromatic carbocycles. The minimum absolute atomic E-state index is 0.0486. The topological polar surface area (TPSA) is 88.5 Å². The molecule has 4 rings (SSSR count). The number of aliphatic imine (C=N–C) groups is 1.